The summed E-state index contributed by atoms with van der Waals surface area (Å²) < 4.78 is 17.2. The van der Waals surface area contributed by atoms with E-state index in [0.717, 1.165) is 24.0 Å². The van der Waals surface area contributed by atoms with E-state index in [4.69, 9.17) is 4.74 Å². The number of aryl methyl sites for hydroxylation is 1. The summed E-state index contributed by atoms with van der Waals surface area (Å²) in [5.74, 6) is 0.562. The van der Waals surface area contributed by atoms with E-state index < -0.39 is 16.4 Å². The predicted octanol–water partition coefficient (Wildman–Crippen LogP) is 1.66. The molecule has 104 valence electrons. The van der Waals surface area contributed by atoms with Crippen molar-refractivity contribution in [3.63, 3.8) is 0 Å². The number of hydrogen-bond donors (Lipinski definition) is 1. The van der Waals surface area contributed by atoms with E-state index in [1.807, 2.05) is 13.0 Å². The van der Waals surface area contributed by atoms with Gasteiger partial charge in [0, 0.05) is 39.1 Å². The number of ether oxygens (including phenoxy) is 1. The first-order chi connectivity index (χ1) is 9.03. The van der Waals surface area contributed by atoms with Crippen LogP contribution in [0.1, 0.15) is 36.8 Å². The van der Waals surface area contributed by atoms with Crippen LogP contribution in [0.2, 0.25) is 0 Å². The molecule has 5 heteroatoms. The van der Waals surface area contributed by atoms with E-state index in [2.05, 4.69) is 4.98 Å². The molecule has 2 aliphatic rings. The van der Waals surface area contributed by atoms with E-state index in [0.29, 0.717) is 18.7 Å². The van der Waals surface area contributed by atoms with Gasteiger partial charge in [-0.3, -0.25) is 4.21 Å². The lowest BCUT2D eigenvalue weighted by Crippen LogP contribution is -2.40. The van der Waals surface area contributed by atoms with Crippen LogP contribution in [0.5, 0.6) is 5.88 Å². The highest BCUT2D eigenvalue weighted by Gasteiger charge is 2.48. The second kappa shape index (κ2) is 4.56. The molecule has 2 unspecified atom stereocenters. The summed E-state index contributed by atoms with van der Waals surface area (Å²) >= 11 is 0. The van der Waals surface area contributed by atoms with Crippen LogP contribution in [0.4, 0.5) is 0 Å². The Morgan fingerprint density at radius 2 is 2.05 bits per heavy atom. The molecule has 1 N–H and O–H groups in total. The van der Waals surface area contributed by atoms with Crippen LogP contribution in [0.15, 0.2) is 12.3 Å². The van der Waals surface area contributed by atoms with Crippen LogP contribution in [0.25, 0.3) is 0 Å². The molecule has 2 bridgehead atoms. The Hall–Kier alpha value is -0.940. The Labute approximate surface area is 115 Å². The Morgan fingerprint density at radius 1 is 1.42 bits per heavy atom. The molecule has 1 aromatic heterocycles. The summed E-state index contributed by atoms with van der Waals surface area (Å²) in [5.41, 5.74) is 0.978. The van der Waals surface area contributed by atoms with Gasteiger partial charge in [-0.1, -0.05) is 0 Å². The van der Waals surface area contributed by atoms with Gasteiger partial charge in [-0.2, -0.15) is 0 Å². The minimum Gasteiger partial charge on any atom is -0.481 e. The second-order valence-electron chi connectivity index (χ2n) is 5.63. The fourth-order valence-electron chi connectivity index (χ4n) is 3.43. The second-order valence-corrected chi connectivity index (χ2v) is 7.62. The van der Waals surface area contributed by atoms with Gasteiger partial charge >= 0.3 is 0 Å². The number of fused-ring (bicyclic) bond motifs is 2. The van der Waals surface area contributed by atoms with Gasteiger partial charge in [0.1, 0.15) is 0 Å². The third kappa shape index (κ3) is 2.09. The molecule has 1 aromatic rings. The summed E-state index contributed by atoms with van der Waals surface area (Å²) in [6, 6.07) is 1.85. The highest BCUT2D eigenvalue weighted by Crippen LogP contribution is 2.46. The zero-order chi connectivity index (χ0) is 13.6. The Morgan fingerprint density at radius 3 is 2.58 bits per heavy atom. The van der Waals surface area contributed by atoms with Gasteiger partial charge in [0.15, 0.2) is 0 Å². The maximum atomic E-state index is 12.1. The maximum absolute atomic E-state index is 12.1. The van der Waals surface area contributed by atoms with Crippen molar-refractivity contribution in [2.75, 3.05) is 7.11 Å². The first kappa shape index (κ1) is 13.1. The fraction of sp³-hybridized carbons (Fsp3) is 0.643. The van der Waals surface area contributed by atoms with Crippen molar-refractivity contribution in [1.29, 1.82) is 0 Å². The van der Waals surface area contributed by atoms with E-state index in [1.165, 1.54) is 0 Å². The average Bonchev–Trinajstić information content (AvgIpc) is 2.62. The molecule has 0 spiro atoms. The van der Waals surface area contributed by atoms with Gasteiger partial charge in [-0.05, 0) is 38.2 Å². The molecular formula is C14H19NO3S. The molecule has 3 heterocycles. The topological polar surface area (TPSA) is 59.4 Å². The monoisotopic (exact) mass is 281 g/mol. The van der Waals surface area contributed by atoms with Crippen molar-refractivity contribution in [2.24, 2.45) is 0 Å². The molecule has 0 aliphatic carbocycles. The Bertz CT molecular complexity index is 515. The molecule has 0 aromatic carbocycles. The predicted molar refractivity (Wildman–Crippen MR) is 73.6 cm³/mol. The molecule has 2 aliphatic heterocycles. The fourth-order valence-corrected chi connectivity index (χ4v) is 5.59. The van der Waals surface area contributed by atoms with Crippen molar-refractivity contribution in [1.82, 2.24) is 4.98 Å². The zero-order valence-corrected chi connectivity index (χ0v) is 12.1. The minimum absolute atomic E-state index is 0.144. The zero-order valence-electron chi connectivity index (χ0n) is 11.3. The number of methoxy groups -OCH3 is 1. The van der Waals surface area contributed by atoms with Crippen molar-refractivity contribution in [2.45, 2.75) is 48.7 Å². The van der Waals surface area contributed by atoms with E-state index in [-0.39, 0.29) is 10.5 Å². The smallest absolute Gasteiger partial charge is 0.213 e. The van der Waals surface area contributed by atoms with E-state index >= 15 is 0 Å². The standard InChI is InChI=1S/C14H19NO3S/c1-9-5-13(18-2)15-8-12(9)14(16)6-10-3-4-11(7-14)19(10)17/h5,8,10-11,16H,3-4,6-7H2,1-2H3. The summed E-state index contributed by atoms with van der Waals surface area (Å²) in [6.45, 7) is 1.96. The van der Waals surface area contributed by atoms with Crippen molar-refractivity contribution < 1.29 is 14.1 Å². The SMILES string of the molecule is COc1cc(C)c(C2(O)CC3CCC(C2)S3=O)cn1. The van der Waals surface area contributed by atoms with Crippen LogP contribution >= 0.6 is 0 Å². The largest absolute Gasteiger partial charge is 0.481 e. The molecule has 0 saturated carbocycles. The first-order valence-corrected chi connectivity index (χ1v) is 7.94. The number of nitrogens with zero attached hydrogens (tertiary/aromatic N) is 1. The number of pyridine rings is 1. The molecule has 19 heavy (non-hydrogen) atoms. The third-order valence-electron chi connectivity index (χ3n) is 4.39. The number of aliphatic hydroxyl groups is 1. The van der Waals surface area contributed by atoms with Crippen LogP contribution in [0.3, 0.4) is 0 Å². The van der Waals surface area contributed by atoms with Gasteiger partial charge in [0.05, 0.1) is 12.7 Å². The molecule has 2 atom stereocenters. The molecular weight excluding hydrogens is 262 g/mol. The van der Waals surface area contributed by atoms with Gasteiger partial charge in [0.2, 0.25) is 5.88 Å². The van der Waals surface area contributed by atoms with Gasteiger partial charge < -0.3 is 9.84 Å². The average molecular weight is 281 g/mol. The molecule has 2 fully saturated rings. The molecule has 3 rings (SSSR count). The number of hydrogen-bond acceptors (Lipinski definition) is 4. The van der Waals surface area contributed by atoms with E-state index in [1.54, 1.807) is 13.3 Å². The highest BCUT2D eigenvalue weighted by atomic mass is 32.2. The maximum Gasteiger partial charge on any atom is 0.213 e. The van der Waals surface area contributed by atoms with Crippen LogP contribution in [-0.2, 0) is 16.4 Å². The molecule has 0 amide bonds. The van der Waals surface area contributed by atoms with Gasteiger partial charge in [0.25, 0.3) is 0 Å². The lowest BCUT2D eigenvalue weighted by molar-refractivity contribution is 0.0175. The molecule has 2 saturated heterocycles. The van der Waals surface area contributed by atoms with Gasteiger partial charge in [-0.15, -0.1) is 0 Å². The third-order valence-corrected chi connectivity index (χ3v) is 6.51. The van der Waals surface area contributed by atoms with Crippen LogP contribution < -0.4 is 4.74 Å². The Balaban J connectivity index is 1.95. The molecule has 0 radical (unpaired) electrons. The number of rotatable bonds is 2. The van der Waals surface area contributed by atoms with Crippen molar-refractivity contribution in [3.05, 3.63) is 23.4 Å². The lowest BCUT2D eigenvalue weighted by Gasteiger charge is -2.36. The summed E-state index contributed by atoms with van der Waals surface area (Å²) in [7, 11) is 0.827. The van der Waals surface area contributed by atoms with Crippen LogP contribution in [0, 0.1) is 6.92 Å². The Kier molecular flexibility index (Phi) is 3.14. The molecule has 4 nitrogen and oxygen atoms in total. The van der Waals surface area contributed by atoms with Crippen LogP contribution in [-0.4, -0.2) is 31.9 Å². The number of aromatic nitrogens is 1. The summed E-state index contributed by atoms with van der Waals surface area (Å²) in [4.78, 5) is 4.21. The highest BCUT2D eigenvalue weighted by molar-refractivity contribution is 7.86. The van der Waals surface area contributed by atoms with Crippen molar-refractivity contribution in [3.8, 4) is 5.88 Å². The van der Waals surface area contributed by atoms with E-state index in [9.17, 15) is 9.32 Å². The normalized spacial score (nSPS) is 37.3. The summed E-state index contributed by atoms with van der Waals surface area (Å²) in [6.07, 6.45) is 4.84. The van der Waals surface area contributed by atoms with Crippen molar-refractivity contribution >= 4 is 10.8 Å². The van der Waals surface area contributed by atoms with Gasteiger partial charge in [-0.25, -0.2) is 4.98 Å². The first-order valence-electron chi connectivity index (χ1n) is 6.66. The lowest BCUT2D eigenvalue weighted by atomic mass is 9.84. The summed E-state index contributed by atoms with van der Waals surface area (Å²) in [5, 5.41) is 11.3. The quantitative estimate of drug-likeness (QED) is 0.895. The minimum atomic E-state index is -0.872.